The first-order chi connectivity index (χ1) is 17.9. The largest absolute Gasteiger partial charge is 0.390 e. The van der Waals surface area contributed by atoms with Crippen molar-refractivity contribution in [2.45, 2.75) is 97.0 Å². The van der Waals surface area contributed by atoms with Crippen LogP contribution in [-0.2, 0) is 25.8 Å². The Morgan fingerprint density at radius 1 is 1.03 bits per heavy atom. The van der Waals surface area contributed by atoms with Crippen molar-refractivity contribution in [3.8, 4) is 11.4 Å². The average Bonchev–Trinajstić information content (AvgIpc) is 2.91. The third-order valence-electron chi connectivity index (χ3n) is 9.02. The van der Waals surface area contributed by atoms with E-state index in [2.05, 4.69) is 73.0 Å². The minimum Gasteiger partial charge on any atom is -0.390 e. The van der Waals surface area contributed by atoms with E-state index in [9.17, 15) is 5.11 Å². The second kappa shape index (κ2) is 9.52. The Kier molecular flexibility index (Phi) is 6.32. The summed E-state index contributed by atoms with van der Waals surface area (Å²) in [5, 5.41) is 11.2. The Hall–Kier alpha value is -2.76. The molecule has 0 saturated carbocycles. The van der Waals surface area contributed by atoms with Gasteiger partial charge in [-0.25, -0.2) is 9.97 Å². The highest BCUT2D eigenvalue weighted by Gasteiger charge is 2.45. The molecule has 2 aliphatic heterocycles. The highest BCUT2D eigenvalue weighted by atomic mass is 16.3. The van der Waals surface area contributed by atoms with Gasteiger partial charge in [-0.15, -0.1) is 0 Å². The van der Waals surface area contributed by atoms with Crippen molar-refractivity contribution < 1.29 is 5.11 Å². The topological polar surface area (TPSA) is 52.5 Å². The molecule has 194 valence electrons. The molecule has 3 aromatic rings. The van der Waals surface area contributed by atoms with Gasteiger partial charge in [0.15, 0.2) is 5.82 Å². The first-order valence-electron chi connectivity index (χ1n) is 14.2. The van der Waals surface area contributed by atoms with Crippen LogP contribution < -0.4 is 4.90 Å². The quantitative estimate of drug-likeness (QED) is 0.470. The molecule has 2 aromatic carbocycles. The fourth-order valence-electron chi connectivity index (χ4n) is 6.98. The molecule has 0 spiro atoms. The predicted molar refractivity (Wildman–Crippen MR) is 150 cm³/mol. The lowest BCUT2D eigenvalue weighted by Crippen LogP contribution is -2.60. The van der Waals surface area contributed by atoms with Gasteiger partial charge >= 0.3 is 0 Å². The van der Waals surface area contributed by atoms with Gasteiger partial charge in [-0.05, 0) is 74.6 Å². The smallest absolute Gasteiger partial charge is 0.162 e. The third-order valence-corrected chi connectivity index (χ3v) is 9.02. The zero-order valence-corrected chi connectivity index (χ0v) is 22.8. The van der Waals surface area contributed by atoms with Crippen LogP contribution in [-0.4, -0.2) is 38.3 Å². The molecular formula is C32H40N4O. The summed E-state index contributed by atoms with van der Waals surface area (Å²) in [5.74, 6) is 1.94. The first kappa shape index (κ1) is 24.6. The minimum absolute atomic E-state index is 0.127. The Labute approximate surface area is 221 Å². The average molecular weight is 497 g/mol. The van der Waals surface area contributed by atoms with Gasteiger partial charge in [0.1, 0.15) is 5.82 Å². The third kappa shape index (κ3) is 4.26. The lowest BCUT2D eigenvalue weighted by Gasteiger charge is -2.54. The Morgan fingerprint density at radius 2 is 1.78 bits per heavy atom. The van der Waals surface area contributed by atoms with Crippen LogP contribution in [0.5, 0.6) is 0 Å². The molecule has 3 atom stereocenters. The van der Waals surface area contributed by atoms with Crippen LogP contribution >= 0.6 is 0 Å². The first-order valence-corrected chi connectivity index (χ1v) is 14.2. The van der Waals surface area contributed by atoms with E-state index in [4.69, 9.17) is 9.97 Å². The molecule has 0 bridgehead atoms. The molecule has 5 nitrogen and oxygen atoms in total. The lowest BCUT2D eigenvalue weighted by molar-refractivity contribution is -0.0281. The number of anilines is 1. The van der Waals surface area contributed by atoms with E-state index >= 15 is 0 Å². The number of benzene rings is 2. The predicted octanol–water partition coefficient (Wildman–Crippen LogP) is 6.15. The Balaban J connectivity index is 1.48. The molecule has 1 fully saturated rings. The molecule has 0 amide bonds. The van der Waals surface area contributed by atoms with E-state index in [1.54, 1.807) is 0 Å². The molecule has 1 N–H and O–H groups in total. The second-order valence-corrected chi connectivity index (χ2v) is 11.5. The molecule has 3 aliphatic rings. The number of aromatic nitrogens is 2. The second-order valence-electron chi connectivity index (χ2n) is 11.5. The maximum atomic E-state index is 11.2. The van der Waals surface area contributed by atoms with Crippen molar-refractivity contribution in [3.05, 3.63) is 76.0 Å². The van der Waals surface area contributed by atoms with E-state index in [1.807, 2.05) is 6.92 Å². The SMILES string of the molecule is CCc1cccc(CC)c1-c1nc(C)c2c(n1)N1CCC(C)(O)CC1N([C@H]1CCCc3ccccc31)C2. The maximum absolute atomic E-state index is 11.2. The number of hydrogen-bond donors (Lipinski definition) is 1. The summed E-state index contributed by atoms with van der Waals surface area (Å²) >= 11 is 0. The summed E-state index contributed by atoms with van der Waals surface area (Å²) in [6.45, 7) is 10.2. The molecule has 5 heteroatoms. The number of rotatable bonds is 4. The summed E-state index contributed by atoms with van der Waals surface area (Å²) in [6, 6.07) is 15.9. The Morgan fingerprint density at radius 3 is 2.54 bits per heavy atom. The standard InChI is InChI=1S/C32H40N4O/c1-5-22-12-9-13-23(6-2)29(22)30-33-21(3)26-20-36(27-16-10-14-24-11-7-8-15-25(24)27)28-19-32(4,37)17-18-35(28)31(26)34-30/h7-9,11-13,15,27-28,37H,5-6,10,14,16-20H2,1-4H3/t27-,28?,32?/m0/s1. The fourth-order valence-corrected chi connectivity index (χ4v) is 6.98. The van der Waals surface area contributed by atoms with Crippen LogP contribution in [0.2, 0.25) is 0 Å². The van der Waals surface area contributed by atoms with E-state index in [0.717, 1.165) is 69.0 Å². The van der Waals surface area contributed by atoms with Crippen molar-refractivity contribution in [3.63, 3.8) is 0 Å². The fraction of sp³-hybridized carbons (Fsp3) is 0.500. The zero-order chi connectivity index (χ0) is 25.7. The van der Waals surface area contributed by atoms with Crippen LogP contribution in [0.4, 0.5) is 5.82 Å². The van der Waals surface area contributed by atoms with Gasteiger partial charge in [-0.2, -0.15) is 0 Å². The summed E-state index contributed by atoms with van der Waals surface area (Å²) in [6.07, 6.45) is 7.06. The van der Waals surface area contributed by atoms with Crippen molar-refractivity contribution in [1.29, 1.82) is 0 Å². The number of fused-ring (bicyclic) bond motifs is 4. The zero-order valence-electron chi connectivity index (χ0n) is 22.8. The molecule has 1 saturated heterocycles. The minimum atomic E-state index is -0.666. The van der Waals surface area contributed by atoms with Gasteiger partial charge in [0.25, 0.3) is 0 Å². The monoisotopic (exact) mass is 496 g/mol. The van der Waals surface area contributed by atoms with Gasteiger partial charge in [-0.1, -0.05) is 56.3 Å². The van der Waals surface area contributed by atoms with Gasteiger partial charge < -0.3 is 10.0 Å². The van der Waals surface area contributed by atoms with Crippen LogP contribution in [0.1, 0.15) is 86.0 Å². The van der Waals surface area contributed by atoms with E-state index in [1.165, 1.54) is 39.8 Å². The molecule has 2 unspecified atom stereocenters. The normalized spacial score (nSPS) is 25.4. The number of piperidine rings is 1. The number of hydrogen-bond acceptors (Lipinski definition) is 5. The lowest BCUT2D eigenvalue weighted by atomic mass is 9.83. The maximum Gasteiger partial charge on any atom is 0.162 e. The van der Waals surface area contributed by atoms with Crippen molar-refractivity contribution in [1.82, 2.24) is 14.9 Å². The molecule has 1 aromatic heterocycles. The van der Waals surface area contributed by atoms with E-state index < -0.39 is 5.60 Å². The van der Waals surface area contributed by atoms with Gasteiger partial charge in [0.05, 0.1) is 11.8 Å². The molecule has 1 aliphatic carbocycles. The molecule has 6 rings (SSSR count). The molecule has 0 radical (unpaired) electrons. The summed E-state index contributed by atoms with van der Waals surface area (Å²) in [7, 11) is 0. The van der Waals surface area contributed by atoms with Gasteiger partial charge in [0.2, 0.25) is 0 Å². The number of nitrogens with zero attached hydrogens (tertiary/aromatic N) is 4. The van der Waals surface area contributed by atoms with Crippen LogP contribution in [0.15, 0.2) is 42.5 Å². The van der Waals surface area contributed by atoms with E-state index in [0.29, 0.717) is 6.04 Å². The van der Waals surface area contributed by atoms with Gasteiger partial charge in [0, 0.05) is 42.4 Å². The number of aryl methyl sites for hydroxylation is 4. The highest BCUT2D eigenvalue weighted by Crippen LogP contribution is 2.45. The summed E-state index contributed by atoms with van der Waals surface area (Å²) in [5.41, 5.74) is 8.44. The van der Waals surface area contributed by atoms with Crippen molar-refractivity contribution >= 4 is 5.82 Å². The molecular weight excluding hydrogens is 456 g/mol. The highest BCUT2D eigenvalue weighted by molar-refractivity contribution is 5.68. The van der Waals surface area contributed by atoms with Crippen LogP contribution in [0.25, 0.3) is 11.4 Å². The van der Waals surface area contributed by atoms with E-state index in [-0.39, 0.29) is 6.17 Å². The Bertz CT molecular complexity index is 1290. The van der Waals surface area contributed by atoms with Crippen LogP contribution in [0, 0.1) is 6.92 Å². The molecule has 3 heterocycles. The summed E-state index contributed by atoms with van der Waals surface area (Å²) < 4.78 is 0. The number of aliphatic hydroxyl groups is 1. The van der Waals surface area contributed by atoms with Crippen molar-refractivity contribution in [2.75, 3.05) is 11.4 Å². The molecule has 37 heavy (non-hydrogen) atoms. The van der Waals surface area contributed by atoms with Crippen LogP contribution in [0.3, 0.4) is 0 Å². The van der Waals surface area contributed by atoms with Gasteiger partial charge in [-0.3, -0.25) is 4.90 Å². The summed E-state index contributed by atoms with van der Waals surface area (Å²) in [4.78, 5) is 15.6. The van der Waals surface area contributed by atoms with Crippen molar-refractivity contribution in [2.24, 2.45) is 0 Å².